The molecule has 1 atom stereocenters. The number of carbonyl (C=O) groups is 1. The molecule has 7 nitrogen and oxygen atoms in total. The van der Waals surface area contributed by atoms with Crippen molar-refractivity contribution in [3.05, 3.63) is 53.4 Å². The monoisotopic (exact) mass is 435 g/mol. The molecule has 0 N–H and O–H groups in total. The van der Waals surface area contributed by atoms with Crippen molar-refractivity contribution >= 4 is 27.3 Å². The number of ether oxygens (including phenoxy) is 1. The van der Waals surface area contributed by atoms with E-state index in [0.717, 1.165) is 5.56 Å². The van der Waals surface area contributed by atoms with Gasteiger partial charge in [-0.05, 0) is 17.0 Å². The van der Waals surface area contributed by atoms with E-state index in [4.69, 9.17) is 4.74 Å². The van der Waals surface area contributed by atoms with Gasteiger partial charge in [0, 0.05) is 39.3 Å². The van der Waals surface area contributed by atoms with Gasteiger partial charge in [-0.2, -0.15) is 4.31 Å². The van der Waals surface area contributed by atoms with Crippen molar-refractivity contribution in [2.24, 2.45) is 0 Å². The molecule has 2 fully saturated rings. The predicted octanol–water partition coefficient (Wildman–Crippen LogP) is 1.65. The molecule has 2 aromatic rings. The quantitative estimate of drug-likeness (QED) is 0.714. The number of piperazine rings is 1. The topological polar surface area (TPSA) is 70.2 Å². The van der Waals surface area contributed by atoms with Crippen molar-refractivity contribution < 1.29 is 17.9 Å². The highest BCUT2D eigenvalue weighted by Gasteiger charge is 2.36. The standard InChI is InChI=1S/C20H25N3O4S2/c24-20(22-12-14-27-15-13-22)19(17-5-2-1-3-6-17)21-8-10-23(11-9-21)29(25,26)18-7-4-16-28-18/h1-7,16,19H,8-15H2. The molecule has 0 spiro atoms. The summed E-state index contributed by atoms with van der Waals surface area (Å²) in [5.74, 6) is 0.0639. The van der Waals surface area contributed by atoms with E-state index >= 15 is 0 Å². The summed E-state index contributed by atoms with van der Waals surface area (Å²) in [4.78, 5) is 17.3. The number of hydrogen-bond acceptors (Lipinski definition) is 6. The highest BCUT2D eigenvalue weighted by Crippen LogP contribution is 2.28. The lowest BCUT2D eigenvalue weighted by Gasteiger charge is -2.40. The Hall–Kier alpha value is -1.78. The van der Waals surface area contributed by atoms with Gasteiger partial charge in [0.25, 0.3) is 10.0 Å². The molecular formula is C20H25N3O4S2. The lowest BCUT2D eigenvalue weighted by molar-refractivity contribution is -0.142. The van der Waals surface area contributed by atoms with Gasteiger partial charge in [-0.3, -0.25) is 9.69 Å². The number of rotatable bonds is 5. The van der Waals surface area contributed by atoms with Crippen LogP contribution in [0.2, 0.25) is 0 Å². The number of morpholine rings is 1. The summed E-state index contributed by atoms with van der Waals surface area (Å²) in [6.07, 6.45) is 0. The van der Waals surface area contributed by atoms with Gasteiger partial charge in [-0.1, -0.05) is 36.4 Å². The van der Waals surface area contributed by atoms with Gasteiger partial charge >= 0.3 is 0 Å². The van der Waals surface area contributed by atoms with Gasteiger partial charge < -0.3 is 9.64 Å². The average Bonchev–Trinajstić information content (AvgIpc) is 3.32. The smallest absolute Gasteiger partial charge is 0.252 e. The molecule has 0 bridgehead atoms. The summed E-state index contributed by atoms with van der Waals surface area (Å²) < 4.78 is 32.9. The van der Waals surface area contributed by atoms with Crippen molar-refractivity contribution in [3.8, 4) is 0 Å². The Bertz CT molecular complexity index is 904. The molecule has 9 heteroatoms. The number of carbonyl (C=O) groups excluding carboxylic acids is 1. The summed E-state index contributed by atoms with van der Waals surface area (Å²) in [5, 5.41) is 1.77. The van der Waals surface area contributed by atoms with Crippen LogP contribution in [0.5, 0.6) is 0 Å². The fraction of sp³-hybridized carbons (Fsp3) is 0.450. The minimum atomic E-state index is -3.46. The van der Waals surface area contributed by atoms with E-state index in [9.17, 15) is 13.2 Å². The molecule has 3 heterocycles. The molecule has 2 aliphatic heterocycles. The van der Waals surface area contributed by atoms with Crippen molar-refractivity contribution in [1.82, 2.24) is 14.1 Å². The molecule has 0 aliphatic carbocycles. The first-order valence-corrected chi connectivity index (χ1v) is 12.1. The second-order valence-corrected chi connectivity index (χ2v) is 10.2. The van der Waals surface area contributed by atoms with Crippen LogP contribution in [0.4, 0.5) is 0 Å². The second kappa shape index (κ2) is 8.93. The third kappa shape index (κ3) is 4.39. The van der Waals surface area contributed by atoms with Crippen LogP contribution in [0.25, 0.3) is 0 Å². The normalized spacial score (nSPS) is 20.5. The maximum Gasteiger partial charge on any atom is 0.252 e. The van der Waals surface area contributed by atoms with E-state index in [2.05, 4.69) is 4.90 Å². The molecule has 1 aromatic heterocycles. The number of amides is 1. The zero-order valence-corrected chi connectivity index (χ0v) is 17.8. The predicted molar refractivity (Wildman–Crippen MR) is 111 cm³/mol. The summed E-state index contributed by atoms with van der Waals surface area (Å²) >= 11 is 1.24. The first-order valence-electron chi connectivity index (χ1n) is 9.76. The Labute approximate surface area is 175 Å². The summed E-state index contributed by atoms with van der Waals surface area (Å²) in [6.45, 7) is 4.07. The lowest BCUT2D eigenvalue weighted by atomic mass is 10.0. The number of sulfonamides is 1. The van der Waals surface area contributed by atoms with Gasteiger partial charge in [0.05, 0.1) is 13.2 Å². The Morgan fingerprint density at radius 2 is 1.62 bits per heavy atom. The molecule has 1 unspecified atom stereocenters. The van der Waals surface area contributed by atoms with Crippen LogP contribution >= 0.6 is 11.3 Å². The molecule has 2 saturated heterocycles. The van der Waals surface area contributed by atoms with Gasteiger partial charge in [-0.25, -0.2) is 8.42 Å². The van der Waals surface area contributed by atoms with E-state index in [-0.39, 0.29) is 5.91 Å². The zero-order chi connectivity index (χ0) is 20.3. The Balaban J connectivity index is 1.51. The largest absolute Gasteiger partial charge is 0.378 e. The summed E-state index contributed by atoms with van der Waals surface area (Å²) in [7, 11) is -3.46. The molecule has 2 aliphatic rings. The number of benzene rings is 1. The summed E-state index contributed by atoms with van der Waals surface area (Å²) in [6, 6.07) is 12.7. The van der Waals surface area contributed by atoms with Gasteiger partial charge in [0.1, 0.15) is 10.3 Å². The molecule has 0 radical (unpaired) electrons. The molecule has 1 amide bonds. The van der Waals surface area contributed by atoms with E-state index in [0.29, 0.717) is 56.7 Å². The third-order valence-electron chi connectivity index (χ3n) is 5.40. The van der Waals surface area contributed by atoms with Crippen LogP contribution in [-0.2, 0) is 19.6 Å². The van der Waals surface area contributed by atoms with Crippen molar-refractivity contribution in [1.29, 1.82) is 0 Å². The van der Waals surface area contributed by atoms with Gasteiger partial charge in [0.2, 0.25) is 5.91 Å². The molecular weight excluding hydrogens is 410 g/mol. The highest BCUT2D eigenvalue weighted by atomic mass is 32.2. The molecule has 4 rings (SSSR count). The Morgan fingerprint density at radius 1 is 0.931 bits per heavy atom. The molecule has 1 aromatic carbocycles. The van der Waals surface area contributed by atoms with Crippen molar-refractivity contribution in [3.63, 3.8) is 0 Å². The SMILES string of the molecule is O=C(C(c1ccccc1)N1CCN(S(=O)(=O)c2cccs2)CC1)N1CCOCC1. The second-order valence-electron chi connectivity index (χ2n) is 7.12. The maximum atomic E-state index is 13.4. The van der Waals surface area contributed by atoms with Crippen LogP contribution in [0.15, 0.2) is 52.1 Å². The fourth-order valence-corrected chi connectivity index (χ4v) is 6.41. The summed E-state index contributed by atoms with van der Waals surface area (Å²) in [5.41, 5.74) is 0.943. The first-order chi connectivity index (χ1) is 14.1. The minimum Gasteiger partial charge on any atom is -0.378 e. The maximum absolute atomic E-state index is 13.4. The zero-order valence-electron chi connectivity index (χ0n) is 16.1. The first kappa shape index (κ1) is 20.5. The molecule has 156 valence electrons. The van der Waals surface area contributed by atoms with Crippen LogP contribution in [0.3, 0.4) is 0 Å². The molecule has 0 saturated carbocycles. The van der Waals surface area contributed by atoms with E-state index in [1.54, 1.807) is 17.5 Å². The highest BCUT2D eigenvalue weighted by molar-refractivity contribution is 7.91. The van der Waals surface area contributed by atoms with E-state index in [1.165, 1.54) is 15.6 Å². The lowest BCUT2D eigenvalue weighted by Crippen LogP contribution is -2.53. The van der Waals surface area contributed by atoms with Gasteiger partial charge in [-0.15, -0.1) is 11.3 Å². The third-order valence-corrected chi connectivity index (χ3v) is 8.67. The number of thiophene rings is 1. The Kier molecular flexibility index (Phi) is 6.31. The van der Waals surface area contributed by atoms with Crippen molar-refractivity contribution in [2.75, 3.05) is 52.5 Å². The van der Waals surface area contributed by atoms with Crippen LogP contribution < -0.4 is 0 Å². The number of hydrogen-bond donors (Lipinski definition) is 0. The van der Waals surface area contributed by atoms with Crippen LogP contribution in [0.1, 0.15) is 11.6 Å². The average molecular weight is 436 g/mol. The van der Waals surface area contributed by atoms with Gasteiger partial charge in [0.15, 0.2) is 0 Å². The van der Waals surface area contributed by atoms with Crippen LogP contribution in [0, 0.1) is 0 Å². The van der Waals surface area contributed by atoms with Crippen molar-refractivity contribution in [2.45, 2.75) is 10.3 Å². The fourth-order valence-electron chi connectivity index (χ4n) is 3.84. The van der Waals surface area contributed by atoms with Crippen LogP contribution in [-0.4, -0.2) is 80.9 Å². The minimum absolute atomic E-state index is 0.0639. The Morgan fingerprint density at radius 3 is 2.24 bits per heavy atom. The molecule has 29 heavy (non-hydrogen) atoms. The number of nitrogens with zero attached hydrogens (tertiary/aromatic N) is 3. The van der Waals surface area contributed by atoms with E-state index in [1.807, 2.05) is 35.2 Å². The van der Waals surface area contributed by atoms with E-state index < -0.39 is 16.1 Å².